The van der Waals surface area contributed by atoms with Crippen molar-refractivity contribution in [3.8, 4) is 11.5 Å². The Hall–Kier alpha value is -1.29. The van der Waals surface area contributed by atoms with E-state index in [0.717, 1.165) is 0 Å². The molecular weight excluding hydrogens is 288 g/mol. The summed E-state index contributed by atoms with van der Waals surface area (Å²) in [4.78, 5) is 0. The van der Waals surface area contributed by atoms with E-state index >= 15 is 0 Å². The van der Waals surface area contributed by atoms with E-state index in [4.69, 9.17) is 33.7 Å². The monoisotopic (exact) mass is 299 g/mol. The van der Waals surface area contributed by atoms with Gasteiger partial charge in [0.25, 0.3) is 0 Å². The minimum absolute atomic E-state index is 0.347. The van der Waals surface area contributed by atoms with Crippen molar-refractivity contribution in [1.29, 1.82) is 0 Å². The SMILES string of the molecule is C[C@H](N)c1cc(F)ccc1Oc1cc(Cl)cc(Cl)c1. The average Bonchev–Trinajstić information content (AvgIpc) is 2.30. The van der Waals surface area contributed by atoms with E-state index in [9.17, 15) is 4.39 Å². The summed E-state index contributed by atoms with van der Waals surface area (Å²) in [6, 6.07) is 8.71. The van der Waals surface area contributed by atoms with Crippen LogP contribution in [0.4, 0.5) is 4.39 Å². The highest BCUT2D eigenvalue weighted by atomic mass is 35.5. The number of hydrogen-bond donors (Lipinski definition) is 1. The maximum atomic E-state index is 13.2. The average molecular weight is 300 g/mol. The first-order chi connectivity index (χ1) is 8.95. The van der Waals surface area contributed by atoms with Crippen molar-refractivity contribution in [3.05, 3.63) is 57.8 Å². The molecule has 0 fully saturated rings. The van der Waals surface area contributed by atoms with Crippen LogP contribution in [-0.2, 0) is 0 Å². The van der Waals surface area contributed by atoms with E-state index in [-0.39, 0.29) is 11.9 Å². The van der Waals surface area contributed by atoms with Crippen LogP contribution >= 0.6 is 23.2 Å². The molecule has 0 heterocycles. The highest BCUT2D eigenvalue weighted by Crippen LogP contribution is 2.32. The van der Waals surface area contributed by atoms with E-state index < -0.39 is 0 Å². The third-order valence-electron chi connectivity index (χ3n) is 2.53. The van der Waals surface area contributed by atoms with Gasteiger partial charge in [-0.05, 0) is 43.3 Å². The molecule has 0 spiro atoms. The lowest BCUT2D eigenvalue weighted by molar-refractivity contribution is 0.469. The Morgan fingerprint density at radius 2 is 1.74 bits per heavy atom. The molecule has 2 rings (SSSR count). The van der Waals surface area contributed by atoms with Gasteiger partial charge in [0.1, 0.15) is 17.3 Å². The van der Waals surface area contributed by atoms with Gasteiger partial charge in [-0.3, -0.25) is 0 Å². The van der Waals surface area contributed by atoms with Crippen molar-refractivity contribution in [2.24, 2.45) is 5.73 Å². The van der Waals surface area contributed by atoms with Gasteiger partial charge < -0.3 is 10.5 Å². The lowest BCUT2D eigenvalue weighted by atomic mass is 10.1. The quantitative estimate of drug-likeness (QED) is 0.871. The molecule has 0 aliphatic carbocycles. The first kappa shape index (κ1) is 14.1. The highest BCUT2D eigenvalue weighted by Gasteiger charge is 2.11. The fourth-order valence-electron chi connectivity index (χ4n) is 1.68. The van der Waals surface area contributed by atoms with Crippen LogP contribution in [0, 0.1) is 5.82 Å². The number of ether oxygens (including phenoxy) is 1. The minimum Gasteiger partial charge on any atom is -0.457 e. The van der Waals surface area contributed by atoms with Crippen molar-refractivity contribution in [1.82, 2.24) is 0 Å². The van der Waals surface area contributed by atoms with Crippen molar-refractivity contribution < 1.29 is 9.13 Å². The van der Waals surface area contributed by atoms with Crippen LogP contribution in [0.15, 0.2) is 36.4 Å². The van der Waals surface area contributed by atoms with Crippen LogP contribution in [0.2, 0.25) is 10.0 Å². The zero-order valence-corrected chi connectivity index (χ0v) is 11.7. The predicted octanol–water partition coefficient (Wildman–Crippen LogP) is 4.94. The van der Waals surface area contributed by atoms with Gasteiger partial charge in [0.2, 0.25) is 0 Å². The first-order valence-electron chi connectivity index (χ1n) is 5.64. The van der Waals surface area contributed by atoms with Gasteiger partial charge in [-0.15, -0.1) is 0 Å². The van der Waals surface area contributed by atoms with E-state index in [1.54, 1.807) is 25.1 Å². The molecule has 2 aromatic carbocycles. The van der Waals surface area contributed by atoms with E-state index in [1.165, 1.54) is 18.2 Å². The Bertz CT molecular complexity index is 582. The molecule has 100 valence electrons. The second-order valence-electron chi connectivity index (χ2n) is 4.18. The standard InChI is InChI=1S/C14H12Cl2FNO/c1-8(18)13-7-11(17)2-3-14(13)19-12-5-9(15)4-10(16)6-12/h2-8H,18H2,1H3/t8-/m0/s1. The van der Waals surface area contributed by atoms with Gasteiger partial charge in [0.05, 0.1) is 0 Å². The van der Waals surface area contributed by atoms with Gasteiger partial charge in [0, 0.05) is 21.7 Å². The predicted molar refractivity (Wildman–Crippen MR) is 75.5 cm³/mol. The summed E-state index contributed by atoms with van der Waals surface area (Å²) >= 11 is 11.8. The van der Waals surface area contributed by atoms with Gasteiger partial charge in [-0.25, -0.2) is 4.39 Å². The molecule has 5 heteroatoms. The van der Waals surface area contributed by atoms with Crippen molar-refractivity contribution in [2.75, 3.05) is 0 Å². The second kappa shape index (κ2) is 5.78. The third kappa shape index (κ3) is 3.60. The molecule has 0 amide bonds. The number of nitrogens with two attached hydrogens (primary N) is 1. The summed E-state index contributed by atoms with van der Waals surface area (Å²) in [6.07, 6.45) is 0. The maximum absolute atomic E-state index is 13.2. The van der Waals surface area contributed by atoms with Crippen LogP contribution in [-0.4, -0.2) is 0 Å². The van der Waals surface area contributed by atoms with E-state index in [0.29, 0.717) is 27.1 Å². The van der Waals surface area contributed by atoms with Crippen LogP contribution in [0.1, 0.15) is 18.5 Å². The summed E-state index contributed by atoms with van der Waals surface area (Å²) < 4.78 is 18.9. The maximum Gasteiger partial charge on any atom is 0.132 e. The molecule has 0 saturated heterocycles. The molecule has 2 aromatic rings. The smallest absolute Gasteiger partial charge is 0.132 e. The Morgan fingerprint density at radius 1 is 1.11 bits per heavy atom. The summed E-state index contributed by atoms with van der Waals surface area (Å²) in [5.74, 6) is 0.601. The minimum atomic E-state index is -0.358. The van der Waals surface area contributed by atoms with E-state index in [2.05, 4.69) is 0 Å². The molecular formula is C14H12Cl2FNO. The molecule has 2 nitrogen and oxygen atoms in total. The van der Waals surface area contributed by atoms with Gasteiger partial charge in [0.15, 0.2) is 0 Å². The Labute approximate surface area is 120 Å². The molecule has 19 heavy (non-hydrogen) atoms. The molecule has 0 unspecified atom stereocenters. The van der Waals surface area contributed by atoms with Gasteiger partial charge in [-0.1, -0.05) is 23.2 Å². The van der Waals surface area contributed by atoms with Crippen LogP contribution in [0.3, 0.4) is 0 Å². The molecule has 0 aliphatic heterocycles. The lowest BCUT2D eigenvalue weighted by Gasteiger charge is -2.14. The molecule has 0 aromatic heterocycles. The van der Waals surface area contributed by atoms with Crippen molar-refractivity contribution >= 4 is 23.2 Å². The highest BCUT2D eigenvalue weighted by molar-refractivity contribution is 6.34. The summed E-state index contributed by atoms with van der Waals surface area (Å²) in [7, 11) is 0. The summed E-state index contributed by atoms with van der Waals surface area (Å²) in [5, 5.41) is 0.930. The number of halogens is 3. The molecule has 0 saturated carbocycles. The zero-order valence-electron chi connectivity index (χ0n) is 10.2. The topological polar surface area (TPSA) is 35.2 Å². The normalized spacial score (nSPS) is 12.3. The largest absolute Gasteiger partial charge is 0.457 e. The zero-order chi connectivity index (χ0) is 14.0. The molecule has 0 aliphatic rings. The molecule has 0 bridgehead atoms. The van der Waals surface area contributed by atoms with Crippen LogP contribution < -0.4 is 10.5 Å². The fourth-order valence-corrected chi connectivity index (χ4v) is 2.19. The molecule has 0 radical (unpaired) electrons. The van der Waals surface area contributed by atoms with Gasteiger partial charge in [-0.2, -0.15) is 0 Å². The number of rotatable bonds is 3. The van der Waals surface area contributed by atoms with Crippen molar-refractivity contribution in [3.63, 3.8) is 0 Å². The van der Waals surface area contributed by atoms with Crippen molar-refractivity contribution in [2.45, 2.75) is 13.0 Å². The Balaban J connectivity index is 2.37. The lowest BCUT2D eigenvalue weighted by Crippen LogP contribution is -2.07. The Kier molecular flexibility index (Phi) is 4.30. The van der Waals surface area contributed by atoms with Crippen LogP contribution in [0.25, 0.3) is 0 Å². The van der Waals surface area contributed by atoms with Crippen LogP contribution in [0.5, 0.6) is 11.5 Å². The molecule has 1 atom stereocenters. The third-order valence-corrected chi connectivity index (χ3v) is 2.96. The summed E-state index contributed by atoms with van der Waals surface area (Å²) in [6.45, 7) is 1.76. The second-order valence-corrected chi connectivity index (χ2v) is 5.05. The van der Waals surface area contributed by atoms with Gasteiger partial charge >= 0.3 is 0 Å². The Morgan fingerprint density at radius 3 is 2.32 bits per heavy atom. The van der Waals surface area contributed by atoms with E-state index in [1.807, 2.05) is 0 Å². The number of benzene rings is 2. The fraction of sp³-hybridized carbons (Fsp3) is 0.143. The summed E-state index contributed by atoms with van der Waals surface area (Å²) in [5.41, 5.74) is 6.38. The molecule has 2 N–H and O–H groups in total. The first-order valence-corrected chi connectivity index (χ1v) is 6.40. The number of hydrogen-bond acceptors (Lipinski definition) is 2.